The summed E-state index contributed by atoms with van der Waals surface area (Å²) in [5, 5.41) is 4.53. The van der Waals surface area contributed by atoms with Gasteiger partial charge in [0.25, 0.3) is 0 Å². The second-order valence-corrected chi connectivity index (χ2v) is 5.73. The predicted octanol–water partition coefficient (Wildman–Crippen LogP) is 3.93. The van der Waals surface area contributed by atoms with Crippen LogP contribution in [0.1, 0.15) is 24.0 Å². The van der Waals surface area contributed by atoms with Crippen molar-refractivity contribution in [2.75, 3.05) is 0 Å². The van der Waals surface area contributed by atoms with Crippen LogP contribution in [-0.4, -0.2) is 11.8 Å². The van der Waals surface area contributed by atoms with Gasteiger partial charge in [0, 0.05) is 4.47 Å². The summed E-state index contributed by atoms with van der Waals surface area (Å²) in [6.07, 6.45) is 0. The van der Waals surface area contributed by atoms with E-state index < -0.39 is 0 Å². The number of benzene rings is 2. The molecule has 3 heteroatoms. The van der Waals surface area contributed by atoms with Gasteiger partial charge in [-0.1, -0.05) is 58.4 Å². The summed E-state index contributed by atoms with van der Waals surface area (Å²) >= 11 is 3.47. The van der Waals surface area contributed by atoms with Crippen LogP contribution in [0.25, 0.3) is 0 Å². The Morgan fingerprint density at radius 2 is 1.68 bits per heavy atom. The molecule has 3 rings (SSSR count). The van der Waals surface area contributed by atoms with Crippen LogP contribution in [0.15, 0.2) is 64.2 Å². The average Bonchev–Trinajstić information content (AvgIpc) is 2.82. The highest BCUT2D eigenvalue weighted by Crippen LogP contribution is 2.29. The number of nitrogens with zero attached hydrogens (tertiary/aromatic N) is 1. The van der Waals surface area contributed by atoms with Crippen molar-refractivity contribution in [3.05, 3.63) is 70.2 Å². The fourth-order valence-corrected chi connectivity index (χ4v) is 2.79. The topological polar surface area (TPSA) is 24.4 Å². The first kappa shape index (κ1) is 12.4. The maximum absolute atomic E-state index is 4.53. The number of hydrogen-bond donors (Lipinski definition) is 1. The smallest absolute Gasteiger partial charge is 0.0771 e. The molecule has 1 aliphatic heterocycles. The van der Waals surface area contributed by atoms with Crippen molar-refractivity contribution in [2.24, 2.45) is 5.10 Å². The molecule has 0 spiro atoms. The Labute approximate surface area is 121 Å². The number of hydrogen-bond acceptors (Lipinski definition) is 2. The first-order valence-corrected chi connectivity index (χ1v) is 7.19. The summed E-state index contributed by atoms with van der Waals surface area (Å²) in [6.45, 7) is 2.17. The van der Waals surface area contributed by atoms with Crippen LogP contribution in [0.5, 0.6) is 0 Å². The molecule has 2 aromatic rings. The molecule has 2 nitrogen and oxygen atoms in total. The average molecular weight is 315 g/mol. The van der Waals surface area contributed by atoms with E-state index in [-0.39, 0.29) is 0 Å². The molecule has 0 amide bonds. The summed E-state index contributed by atoms with van der Waals surface area (Å²) in [5.41, 5.74) is 6.81. The summed E-state index contributed by atoms with van der Waals surface area (Å²) in [7, 11) is 0. The highest BCUT2D eigenvalue weighted by atomic mass is 79.9. The molecule has 19 heavy (non-hydrogen) atoms. The molecule has 0 aliphatic carbocycles. The fourth-order valence-electron chi connectivity index (χ4n) is 2.52. The van der Waals surface area contributed by atoms with E-state index in [0.29, 0.717) is 12.0 Å². The van der Waals surface area contributed by atoms with Crippen LogP contribution < -0.4 is 5.43 Å². The van der Waals surface area contributed by atoms with E-state index in [1.807, 2.05) is 6.07 Å². The number of rotatable bonds is 2. The van der Waals surface area contributed by atoms with E-state index >= 15 is 0 Å². The molecule has 0 aromatic heterocycles. The first-order valence-electron chi connectivity index (χ1n) is 6.39. The zero-order chi connectivity index (χ0) is 13.2. The molecular weight excluding hydrogens is 300 g/mol. The molecule has 1 aliphatic rings. The highest BCUT2D eigenvalue weighted by molar-refractivity contribution is 9.10. The van der Waals surface area contributed by atoms with Gasteiger partial charge in [0.05, 0.1) is 17.7 Å². The van der Waals surface area contributed by atoms with Crippen molar-refractivity contribution in [2.45, 2.75) is 18.9 Å². The van der Waals surface area contributed by atoms with Crippen molar-refractivity contribution in [1.29, 1.82) is 0 Å². The van der Waals surface area contributed by atoms with Gasteiger partial charge in [0.2, 0.25) is 0 Å². The normalized spacial score (nSPS) is 21.9. The molecule has 0 radical (unpaired) electrons. The summed E-state index contributed by atoms with van der Waals surface area (Å²) in [4.78, 5) is 0. The highest BCUT2D eigenvalue weighted by Gasteiger charge is 2.30. The van der Waals surface area contributed by atoms with Crippen molar-refractivity contribution >= 4 is 21.6 Å². The Bertz CT molecular complexity index is 590. The molecular formula is C16H15BrN2. The zero-order valence-corrected chi connectivity index (χ0v) is 12.3. The van der Waals surface area contributed by atoms with Gasteiger partial charge in [-0.15, -0.1) is 0 Å². The molecule has 1 heterocycles. The SMILES string of the molecule is CC1NN=C(c2ccc(Br)cc2)C1c1ccccc1. The van der Waals surface area contributed by atoms with Gasteiger partial charge in [-0.25, -0.2) is 0 Å². The van der Waals surface area contributed by atoms with Gasteiger partial charge in [-0.3, -0.25) is 0 Å². The minimum atomic E-state index is 0.308. The first-order chi connectivity index (χ1) is 9.25. The Balaban J connectivity index is 1.99. The third-order valence-corrected chi connectivity index (χ3v) is 4.01. The van der Waals surface area contributed by atoms with Gasteiger partial charge < -0.3 is 5.43 Å². The van der Waals surface area contributed by atoms with Gasteiger partial charge >= 0.3 is 0 Å². The minimum Gasteiger partial charge on any atom is -0.306 e. The quantitative estimate of drug-likeness (QED) is 0.892. The van der Waals surface area contributed by atoms with Crippen LogP contribution in [0.2, 0.25) is 0 Å². The van der Waals surface area contributed by atoms with Crippen LogP contribution >= 0.6 is 15.9 Å². The molecule has 2 unspecified atom stereocenters. The van der Waals surface area contributed by atoms with Crippen LogP contribution in [-0.2, 0) is 0 Å². The lowest BCUT2D eigenvalue weighted by Gasteiger charge is -2.17. The summed E-state index contributed by atoms with van der Waals surface area (Å²) in [5.74, 6) is 0.308. The molecule has 0 bridgehead atoms. The van der Waals surface area contributed by atoms with E-state index in [1.54, 1.807) is 0 Å². The number of hydrazone groups is 1. The molecule has 2 atom stereocenters. The second kappa shape index (κ2) is 5.17. The van der Waals surface area contributed by atoms with Crippen molar-refractivity contribution in [3.8, 4) is 0 Å². The van der Waals surface area contributed by atoms with Gasteiger partial charge in [-0.2, -0.15) is 5.10 Å². The Morgan fingerprint density at radius 3 is 2.37 bits per heavy atom. The molecule has 96 valence electrons. The van der Waals surface area contributed by atoms with Crippen LogP contribution in [0.4, 0.5) is 0 Å². The maximum atomic E-state index is 4.53. The standard InChI is InChI=1S/C16H15BrN2/c1-11-15(12-5-3-2-4-6-12)16(19-18-11)13-7-9-14(17)10-8-13/h2-11,15,18H,1H3. The fraction of sp³-hybridized carbons (Fsp3) is 0.188. The zero-order valence-electron chi connectivity index (χ0n) is 10.7. The van der Waals surface area contributed by atoms with E-state index in [4.69, 9.17) is 0 Å². The number of nitrogens with one attached hydrogen (secondary N) is 1. The lowest BCUT2D eigenvalue weighted by molar-refractivity contribution is 0.589. The van der Waals surface area contributed by atoms with E-state index in [2.05, 4.69) is 81.9 Å². The van der Waals surface area contributed by atoms with Gasteiger partial charge in [-0.05, 0) is 30.2 Å². The van der Waals surface area contributed by atoms with Gasteiger partial charge in [0.15, 0.2) is 0 Å². The lowest BCUT2D eigenvalue weighted by atomic mass is 9.86. The van der Waals surface area contributed by atoms with E-state index in [0.717, 1.165) is 10.2 Å². The lowest BCUT2D eigenvalue weighted by Crippen LogP contribution is -2.24. The van der Waals surface area contributed by atoms with Crippen molar-refractivity contribution in [1.82, 2.24) is 5.43 Å². The second-order valence-electron chi connectivity index (χ2n) is 4.81. The molecule has 0 saturated carbocycles. The Hall–Kier alpha value is -1.61. The predicted molar refractivity (Wildman–Crippen MR) is 82.5 cm³/mol. The van der Waals surface area contributed by atoms with Crippen LogP contribution in [0.3, 0.4) is 0 Å². The van der Waals surface area contributed by atoms with Crippen molar-refractivity contribution < 1.29 is 0 Å². The summed E-state index contributed by atoms with van der Waals surface area (Å²) in [6, 6.07) is 19.2. The minimum absolute atomic E-state index is 0.308. The van der Waals surface area contributed by atoms with Crippen molar-refractivity contribution in [3.63, 3.8) is 0 Å². The monoisotopic (exact) mass is 314 g/mol. The van der Waals surface area contributed by atoms with E-state index in [9.17, 15) is 0 Å². The Kier molecular flexibility index (Phi) is 3.38. The Morgan fingerprint density at radius 1 is 1.00 bits per heavy atom. The van der Waals surface area contributed by atoms with E-state index in [1.165, 1.54) is 11.1 Å². The molecule has 1 N–H and O–H groups in total. The molecule has 0 saturated heterocycles. The largest absolute Gasteiger partial charge is 0.306 e. The molecule has 0 fully saturated rings. The third-order valence-electron chi connectivity index (χ3n) is 3.48. The molecule has 2 aromatic carbocycles. The third kappa shape index (κ3) is 2.43. The number of halogens is 1. The maximum Gasteiger partial charge on any atom is 0.0771 e. The van der Waals surface area contributed by atoms with Crippen LogP contribution in [0, 0.1) is 0 Å². The van der Waals surface area contributed by atoms with Gasteiger partial charge in [0.1, 0.15) is 0 Å². The summed E-state index contributed by atoms with van der Waals surface area (Å²) < 4.78 is 1.09.